The van der Waals surface area contributed by atoms with Gasteiger partial charge in [0.2, 0.25) is 0 Å². The lowest BCUT2D eigenvalue weighted by molar-refractivity contribution is 0.138. The zero-order chi connectivity index (χ0) is 15.2. The molecule has 0 fully saturated rings. The summed E-state index contributed by atoms with van der Waals surface area (Å²) in [6.45, 7) is 4.05. The highest BCUT2D eigenvalue weighted by Crippen LogP contribution is 2.38. The number of benzene rings is 2. The van der Waals surface area contributed by atoms with Gasteiger partial charge in [0.25, 0.3) is 0 Å². The van der Waals surface area contributed by atoms with E-state index in [2.05, 4.69) is 15.9 Å². The Balaban J connectivity index is 1.99. The van der Waals surface area contributed by atoms with Crippen LogP contribution in [0.15, 0.2) is 40.9 Å². The predicted molar refractivity (Wildman–Crippen MR) is 83.0 cm³/mol. The first-order valence-electron chi connectivity index (χ1n) is 6.81. The van der Waals surface area contributed by atoms with E-state index in [4.69, 9.17) is 4.74 Å². The highest BCUT2D eigenvalue weighted by Gasteiger charge is 2.30. The van der Waals surface area contributed by atoms with Gasteiger partial charge in [-0.25, -0.2) is 4.39 Å². The lowest BCUT2D eigenvalue weighted by Crippen LogP contribution is -2.24. The van der Waals surface area contributed by atoms with Crippen molar-refractivity contribution in [2.24, 2.45) is 0 Å². The molecular formula is C17H16BrFO2. The molecule has 1 aliphatic heterocycles. The van der Waals surface area contributed by atoms with E-state index in [1.165, 1.54) is 6.07 Å². The Labute approximate surface area is 131 Å². The van der Waals surface area contributed by atoms with Crippen molar-refractivity contribution in [3.05, 3.63) is 63.4 Å². The van der Waals surface area contributed by atoms with Crippen LogP contribution in [0, 0.1) is 5.82 Å². The zero-order valence-corrected chi connectivity index (χ0v) is 13.4. The Bertz CT molecular complexity index is 677. The first kappa shape index (κ1) is 14.5. The SMILES string of the molecule is CC1(C)Cc2cc(C(O)c3c(F)cccc3Br)ccc2O1. The molecule has 0 radical (unpaired) electrons. The fourth-order valence-corrected chi connectivity index (χ4v) is 3.30. The third-order valence-electron chi connectivity index (χ3n) is 3.68. The summed E-state index contributed by atoms with van der Waals surface area (Å²) in [5.41, 5.74) is 1.74. The van der Waals surface area contributed by atoms with Gasteiger partial charge >= 0.3 is 0 Å². The smallest absolute Gasteiger partial charge is 0.130 e. The molecule has 1 atom stereocenters. The van der Waals surface area contributed by atoms with E-state index in [-0.39, 0.29) is 11.2 Å². The Morgan fingerprint density at radius 1 is 1.29 bits per heavy atom. The molecule has 1 N–H and O–H groups in total. The van der Waals surface area contributed by atoms with Crippen molar-refractivity contribution in [1.29, 1.82) is 0 Å². The van der Waals surface area contributed by atoms with Crippen molar-refractivity contribution in [3.8, 4) is 5.75 Å². The van der Waals surface area contributed by atoms with Gasteiger partial charge in [0.05, 0.1) is 0 Å². The summed E-state index contributed by atoms with van der Waals surface area (Å²) in [6.07, 6.45) is -0.226. The normalized spacial score (nSPS) is 17.2. The van der Waals surface area contributed by atoms with Gasteiger partial charge < -0.3 is 9.84 Å². The minimum atomic E-state index is -1.01. The van der Waals surface area contributed by atoms with Crippen molar-refractivity contribution in [2.75, 3.05) is 0 Å². The molecule has 1 unspecified atom stereocenters. The summed E-state index contributed by atoms with van der Waals surface area (Å²) >= 11 is 3.30. The lowest BCUT2D eigenvalue weighted by Gasteiger charge is -2.16. The molecule has 2 aromatic rings. The van der Waals surface area contributed by atoms with Gasteiger partial charge in [0.1, 0.15) is 23.3 Å². The molecule has 1 aliphatic rings. The molecular weight excluding hydrogens is 335 g/mol. The van der Waals surface area contributed by atoms with Crippen LogP contribution in [0.1, 0.15) is 36.6 Å². The van der Waals surface area contributed by atoms with Crippen molar-refractivity contribution < 1.29 is 14.2 Å². The van der Waals surface area contributed by atoms with E-state index in [0.717, 1.165) is 17.7 Å². The van der Waals surface area contributed by atoms with Gasteiger partial charge in [-0.3, -0.25) is 0 Å². The first-order chi connectivity index (χ1) is 9.87. The monoisotopic (exact) mass is 350 g/mol. The largest absolute Gasteiger partial charge is 0.487 e. The lowest BCUT2D eigenvalue weighted by atomic mass is 9.96. The number of ether oxygens (including phenoxy) is 1. The maximum absolute atomic E-state index is 14.0. The van der Waals surface area contributed by atoms with Gasteiger partial charge in [-0.05, 0) is 49.2 Å². The molecule has 2 aromatic carbocycles. The molecule has 0 bridgehead atoms. The molecule has 0 saturated carbocycles. The third kappa shape index (κ3) is 2.70. The maximum Gasteiger partial charge on any atom is 0.130 e. The van der Waals surface area contributed by atoms with Crippen molar-refractivity contribution in [1.82, 2.24) is 0 Å². The van der Waals surface area contributed by atoms with Crippen molar-refractivity contribution >= 4 is 15.9 Å². The quantitative estimate of drug-likeness (QED) is 0.870. The molecule has 21 heavy (non-hydrogen) atoms. The molecule has 2 nitrogen and oxygen atoms in total. The number of hydrogen-bond acceptors (Lipinski definition) is 2. The van der Waals surface area contributed by atoms with Crippen LogP contribution in [0.25, 0.3) is 0 Å². The fourth-order valence-electron chi connectivity index (χ4n) is 2.74. The second-order valence-corrected chi connectivity index (χ2v) is 6.80. The number of fused-ring (bicyclic) bond motifs is 1. The van der Waals surface area contributed by atoms with Gasteiger partial charge in [-0.15, -0.1) is 0 Å². The van der Waals surface area contributed by atoms with E-state index in [1.54, 1.807) is 18.2 Å². The summed E-state index contributed by atoms with van der Waals surface area (Å²) in [7, 11) is 0. The number of halogens is 2. The molecule has 0 spiro atoms. The summed E-state index contributed by atoms with van der Waals surface area (Å²) in [6, 6.07) is 10.2. The molecule has 0 amide bonds. The van der Waals surface area contributed by atoms with Crippen LogP contribution in [-0.4, -0.2) is 10.7 Å². The standard InChI is InChI=1S/C17H16BrFO2/c1-17(2)9-11-8-10(6-7-14(11)21-17)16(20)15-12(18)4-3-5-13(15)19/h3-8,16,20H,9H2,1-2H3. The number of rotatable bonds is 2. The van der Waals surface area contributed by atoms with E-state index in [9.17, 15) is 9.50 Å². The highest BCUT2D eigenvalue weighted by molar-refractivity contribution is 9.10. The van der Waals surface area contributed by atoms with Crippen LogP contribution in [0.3, 0.4) is 0 Å². The molecule has 0 aromatic heterocycles. The first-order valence-corrected chi connectivity index (χ1v) is 7.60. The average molecular weight is 351 g/mol. The van der Waals surface area contributed by atoms with Crippen molar-refractivity contribution in [3.63, 3.8) is 0 Å². The molecule has 4 heteroatoms. The summed E-state index contributed by atoms with van der Waals surface area (Å²) < 4.78 is 20.3. The molecule has 110 valence electrons. The zero-order valence-electron chi connectivity index (χ0n) is 11.9. The number of aliphatic hydroxyl groups excluding tert-OH is 1. The van der Waals surface area contributed by atoms with E-state index >= 15 is 0 Å². The highest BCUT2D eigenvalue weighted by atomic mass is 79.9. The van der Waals surface area contributed by atoms with Gasteiger partial charge in [0.15, 0.2) is 0 Å². The Hall–Kier alpha value is -1.39. The predicted octanol–water partition coefficient (Wildman–Crippen LogP) is 4.38. The third-order valence-corrected chi connectivity index (χ3v) is 4.37. The molecule has 3 rings (SSSR count). The van der Waals surface area contributed by atoms with Crippen LogP contribution >= 0.6 is 15.9 Å². The van der Waals surface area contributed by atoms with Gasteiger partial charge in [-0.1, -0.05) is 28.1 Å². The molecule has 0 saturated heterocycles. The van der Waals surface area contributed by atoms with Gasteiger partial charge in [0, 0.05) is 16.5 Å². The minimum absolute atomic E-state index is 0.232. The minimum Gasteiger partial charge on any atom is -0.487 e. The van der Waals surface area contributed by atoms with Crippen LogP contribution in [0.5, 0.6) is 5.75 Å². The van der Waals surface area contributed by atoms with Crippen LogP contribution in [-0.2, 0) is 6.42 Å². The van der Waals surface area contributed by atoms with Crippen LogP contribution in [0.4, 0.5) is 4.39 Å². The van der Waals surface area contributed by atoms with E-state index in [1.807, 2.05) is 26.0 Å². The summed E-state index contributed by atoms with van der Waals surface area (Å²) in [5, 5.41) is 10.5. The van der Waals surface area contributed by atoms with E-state index in [0.29, 0.717) is 10.0 Å². The fraction of sp³-hybridized carbons (Fsp3) is 0.294. The Morgan fingerprint density at radius 3 is 2.76 bits per heavy atom. The van der Waals surface area contributed by atoms with E-state index < -0.39 is 11.9 Å². The Morgan fingerprint density at radius 2 is 2.05 bits per heavy atom. The number of hydrogen-bond donors (Lipinski definition) is 1. The van der Waals surface area contributed by atoms with Crippen LogP contribution in [0.2, 0.25) is 0 Å². The molecule has 0 aliphatic carbocycles. The average Bonchev–Trinajstić information content (AvgIpc) is 2.70. The Kier molecular flexibility index (Phi) is 3.54. The topological polar surface area (TPSA) is 29.5 Å². The second-order valence-electron chi connectivity index (χ2n) is 5.94. The van der Waals surface area contributed by atoms with Crippen molar-refractivity contribution in [2.45, 2.75) is 32.0 Å². The summed E-state index contributed by atoms with van der Waals surface area (Å²) in [5.74, 6) is 0.414. The molecule has 1 heterocycles. The second kappa shape index (κ2) is 5.11. The maximum atomic E-state index is 14.0. The van der Waals surface area contributed by atoms with Crippen LogP contribution < -0.4 is 4.74 Å². The van der Waals surface area contributed by atoms with Gasteiger partial charge in [-0.2, -0.15) is 0 Å². The summed E-state index contributed by atoms with van der Waals surface area (Å²) in [4.78, 5) is 0. The number of aliphatic hydroxyl groups is 1.